The van der Waals surface area contributed by atoms with Crippen molar-refractivity contribution in [2.24, 2.45) is 0 Å². The van der Waals surface area contributed by atoms with E-state index in [0.29, 0.717) is 49.2 Å². The SMILES string of the molecule is CCCCCCCCCCCCOc1cc(C(=O)OCCCBr)cc(OCCCCCCCCCCCC)c1OCCCCCCCCCCCC. The molecule has 52 heavy (non-hydrogen) atoms. The van der Waals surface area contributed by atoms with Crippen molar-refractivity contribution in [1.29, 1.82) is 0 Å². The van der Waals surface area contributed by atoms with Gasteiger partial charge in [-0.3, -0.25) is 0 Å². The Morgan fingerprint density at radius 1 is 0.423 bits per heavy atom. The van der Waals surface area contributed by atoms with E-state index in [1.54, 1.807) is 0 Å². The number of halogens is 1. The molecule has 0 aliphatic heterocycles. The van der Waals surface area contributed by atoms with Crippen molar-refractivity contribution < 1.29 is 23.7 Å². The van der Waals surface area contributed by atoms with Crippen LogP contribution in [0.2, 0.25) is 0 Å². The first-order valence-corrected chi connectivity index (χ1v) is 23.6. The highest BCUT2D eigenvalue weighted by Crippen LogP contribution is 2.40. The van der Waals surface area contributed by atoms with Crippen LogP contribution < -0.4 is 14.2 Å². The van der Waals surface area contributed by atoms with Crippen molar-refractivity contribution >= 4 is 21.9 Å². The summed E-state index contributed by atoms with van der Waals surface area (Å²) in [5, 5.41) is 0.798. The first kappa shape index (κ1) is 48.6. The Labute approximate surface area is 331 Å². The normalized spacial score (nSPS) is 11.2. The van der Waals surface area contributed by atoms with E-state index in [2.05, 4.69) is 36.7 Å². The fraction of sp³-hybridized carbons (Fsp3) is 0.848. The zero-order valence-electron chi connectivity index (χ0n) is 34.5. The third kappa shape index (κ3) is 28.1. The lowest BCUT2D eigenvalue weighted by Gasteiger charge is -2.19. The van der Waals surface area contributed by atoms with Gasteiger partial charge in [-0.05, 0) is 37.8 Å². The van der Waals surface area contributed by atoms with Crippen LogP contribution in [0.15, 0.2) is 12.1 Å². The van der Waals surface area contributed by atoms with Crippen molar-refractivity contribution in [3.63, 3.8) is 0 Å². The maximum Gasteiger partial charge on any atom is 0.338 e. The van der Waals surface area contributed by atoms with Gasteiger partial charge in [0.25, 0.3) is 0 Å². The zero-order chi connectivity index (χ0) is 37.6. The number of benzene rings is 1. The van der Waals surface area contributed by atoms with E-state index < -0.39 is 0 Å². The van der Waals surface area contributed by atoms with E-state index in [9.17, 15) is 4.79 Å². The second-order valence-electron chi connectivity index (χ2n) is 15.1. The van der Waals surface area contributed by atoms with Crippen LogP contribution in [0.3, 0.4) is 0 Å². The van der Waals surface area contributed by atoms with E-state index in [1.807, 2.05) is 12.1 Å². The number of carbonyl (C=O) groups excluding carboxylic acids is 1. The van der Waals surface area contributed by atoms with Crippen LogP contribution >= 0.6 is 15.9 Å². The Balaban J connectivity index is 2.80. The van der Waals surface area contributed by atoms with Gasteiger partial charge in [0.2, 0.25) is 5.75 Å². The third-order valence-corrected chi connectivity index (χ3v) is 10.6. The fourth-order valence-corrected chi connectivity index (χ4v) is 6.89. The molecule has 0 unspecified atom stereocenters. The van der Waals surface area contributed by atoms with Crippen molar-refractivity contribution in [2.75, 3.05) is 31.8 Å². The summed E-state index contributed by atoms with van der Waals surface area (Å²) in [7, 11) is 0. The number of unbranched alkanes of at least 4 members (excludes halogenated alkanes) is 27. The molecule has 0 saturated heterocycles. The molecule has 0 amide bonds. The molecule has 0 aliphatic rings. The quantitative estimate of drug-likeness (QED) is 0.0376. The Kier molecular flexibility index (Phi) is 35.4. The van der Waals surface area contributed by atoms with Crippen molar-refractivity contribution in [3.8, 4) is 17.2 Å². The fourth-order valence-electron chi connectivity index (χ4n) is 6.66. The number of alkyl halides is 1. The molecule has 1 aromatic rings. The molecule has 1 aromatic carbocycles. The van der Waals surface area contributed by atoms with E-state index in [1.165, 1.54) is 154 Å². The van der Waals surface area contributed by atoms with Crippen molar-refractivity contribution in [3.05, 3.63) is 17.7 Å². The van der Waals surface area contributed by atoms with Gasteiger partial charge in [-0.25, -0.2) is 4.79 Å². The Bertz CT molecular complexity index is 875. The topological polar surface area (TPSA) is 54.0 Å². The van der Waals surface area contributed by atoms with Crippen molar-refractivity contribution in [2.45, 2.75) is 220 Å². The second-order valence-corrected chi connectivity index (χ2v) is 15.9. The van der Waals surface area contributed by atoms with Gasteiger partial charge in [-0.2, -0.15) is 0 Å². The van der Waals surface area contributed by atoms with Crippen LogP contribution in [-0.4, -0.2) is 37.7 Å². The highest BCUT2D eigenvalue weighted by Gasteiger charge is 2.20. The minimum Gasteiger partial charge on any atom is -0.490 e. The smallest absolute Gasteiger partial charge is 0.338 e. The molecule has 0 bridgehead atoms. The number of carbonyl (C=O) groups is 1. The molecule has 0 heterocycles. The van der Waals surface area contributed by atoms with Gasteiger partial charge in [0.15, 0.2) is 11.5 Å². The van der Waals surface area contributed by atoms with Crippen LogP contribution in [0, 0.1) is 0 Å². The number of ether oxygens (including phenoxy) is 4. The first-order valence-electron chi connectivity index (χ1n) is 22.5. The average Bonchev–Trinajstić information content (AvgIpc) is 3.15. The van der Waals surface area contributed by atoms with Crippen LogP contribution in [0.5, 0.6) is 17.2 Å². The largest absolute Gasteiger partial charge is 0.490 e. The lowest BCUT2D eigenvalue weighted by atomic mass is 10.1. The number of esters is 1. The van der Waals surface area contributed by atoms with Crippen LogP contribution in [-0.2, 0) is 4.74 Å². The summed E-state index contributed by atoms with van der Waals surface area (Å²) < 4.78 is 24.9. The highest BCUT2D eigenvalue weighted by molar-refractivity contribution is 9.09. The van der Waals surface area contributed by atoms with Gasteiger partial charge in [0.1, 0.15) is 0 Å². The predicted molar refractivity (Wildman–Crippen MR) is 227 cm³/mol. The molecular formula is C46H83BrO5. The minimum absolute atomic E-state index is 0.338. The number of hydrogen-bond donors (Lipinski definition) is 0. The monoisotopic (exact) mass is 795 g/mol. The zero-order valence-corrected chi connectivity index (χ0v) is 36.1. The Morgan fingerprint density at radius 2 is 0.731 bits per heavy atom. The maximum atomic E-state index is 13.1. The molecule has 0 radical (unpaired) electrons. The van der Waals surface area contributed by atoms with Crippen LogP contribution in [0.25, 0.3) is 0 Å². The molecule has 0 saturated carbocycles. The molecule has 0 fully saturated rings. The minimum atomic E-state index is -0.338. The van der Waals surface area contributed by atoms with Gasteiger partial charge in [0.05, 0.1) is 32.0 Å². The van der Waals surface area contributed by atoms with E-state index in [0.717, 1.165) is 50.3 Å². The summed E-state index contributed by atoms with van der Waals surface area (Å²) in [5.41, 5.74) is 0.469. The summed E-state index contributed by atoms with van der Waals surface area (Å²) in [5.74, 6) is 1.52. The Hall–Kier alpha value is -1.43. The van der Waals surface area contributed by atoms with Crippen LogP contribution in [0.4, 0.5) is 0 Å². The Morgan fingerprint density at radius 3 is 1.06 bits per heavy atom. The molecule has 0 spiro atoms. The number of hydrogen-bond acceptors (Lipinski definition) is 5. The van der Waals surface area contributed by atoms with Gasteiger partial charge < -0.3 is 18.9 Å². The lowest BCUT2D eigenvalue weighted by molar-refractivity contribution is 0.0505. The average molecular weight is 796 g/mol. The lowest BCUT2D eigenvalue weighted by Crippen LogP contribution is -2.11. The molecule has 1 rings (SSSR count). The van der Waals surface area contributed by atoms with Gasteiger partial charge in [-0.1, -0.05) is 210 Å². The van der Waals surface area contributed by atoms with E-state index in [-0.39, 0.29) is 5.97 Å². The van der Waals surface area contributed by atoms with E-state index >= 15 is 0 Å². The van der Waals surface area contributed by atoms with Crippen molar-refractivity contribution in [1.82, 2.24) is 0 Å². The summed E-state index contributed by atoms with van der Waals surface area (Å²) in [4.78, 5) is 13.1. The molecule has 0 N–H and O–H groups in total. The van der Waals surface area contributed by atoms with Gasteiger partial charge in [0, 0.05) is 5.33 Å². The molecule has 304 valence electrons. The third-order valence-electron chi connectivity index (χ3n) is 10.0. The first-order chi connectivity index (χ1) is 25.7. The molecule has 5 nitrogen and oxygen atoms in total. The maximum absolute atomic E-state index is 13.1. The standard InChI is InChI=1S/C46H83BrO5/c1-4-7-10-13-16-19-22-25-28-31-36-49-43-40-42(46(48)52-39-34-35-47)41-44(50-37-32-29-26-23-20-17-14-11-8-5-2)45(43)51-38-33-30-27-24-21-18-15-12-9-6-3/h40-41H,4-39H2,1-3H3. The van der Waals surface area contributed by atoms with Gasteiger partial charge >= 0.3 is 5.97 Å². The summed E-state index contributed by atoms with van der Waals surface area (Å²) in [6.07, 6.45) is 39.2. The van der Waals surface area contributed by atoms with E-state index in [4.69, 9.17) is 18.9 Å². The molecule has 0 aromatic heterocycles. The predicted octanol–water partition coefficient (Wildman–Crippen LogP) is 15.5. The van der Waals surface area contributed by atoms with Gasteiger partial charge in [-0.15, -0.1) is 0 Å². The molecule has 0 aliphatic carbocycles. The summed E-state index contributed by atoms with van der Waals surface area (Å²) in [6, 6.07) is 3.63. The molecule has 6 heteroatoms. The van der Waals surface area contributed by atoms with Crippen LogP contribution in [0.1, 0.15) is 230 Å². The number of rotatable bonds is 40. The summed E-state index contributed by atoms with van der Waals surface area (Å²) >= 11 is 3.43. The molecular weight excluding hydrogens is 712 g/mol. The highest BCUT2D eigenvalue weighted by atomic mass is 79.9. The molecule has 0 atom stereocenters. The second kappa shape index (κ2) is 37.9. The summed E-state index contributed by atoms with van der Waals surface area (Å²) in [6.45, 7) is 9.03.